The van der Waals surface area contributed by atoms with Gasteiger partial charge in [-0.3, -0.25) is 4.55 Å². The van der Waals surface area contributed by atoms with Crippen LogP contribution in [0.3, 0.4) is 0 Å². The van der Waals surface area contributed by atoms with Crippen molar-refractivity contribution in [1.82, 2.24) is 0 Å². The Morgan fingerprint density at radius 1 is 1.00 bits per heavy atom. The fraction of sp³-hybridized carbons (Fsp3) is 1.00. The van der Waals surface area contributed by atoms with Gasteiger partial charge in [0, 0.05) is 13.7 Å². The first-order valence-corrected chi connectivity index (χ1v) is 6.27. The first-order chi connectivity index (χ1) is 7.06. The second kappa shape index (κ2) is 9.05. The molecule has 0 rings (SSSR count). The van der Waals surface area contributed by atoms with E-state index in [2.05, 4.69) is 0 Å². The van der Waals surface area contributed by atoms with Crippen molar-refractivity contribution in [2.24, 2.45) is 0 Å². The molecule has 0 atom stereocenters. The molecule has 0 fully saturated rings. The Labute approximate surface area is 90.3 Å². The molecule has 0 aromatic carbocycles. The van der Waals surface area contributed by atoms with Gasteiger partial charge in [-0.25, -0.2) is 0 Å². The molecule has 0 aliphatic rings. The summed E-state index contributed by atoms with van der Waals surface area (Å²) in [7, 11) is -2.26. The molecule has 0 heterocycles. The predicted octanol–water partition coefficient (Wildman–Crippen LogP) is -0.0561. The fourth-order valence-corrected chi connectivity index (χ4v) is 1.29. The van der Waals surface area contributed by atoms with Gasteiger partial charge in [0.25, 0.3) is 10.1 Å². The highest BCUT2D eigenvalue weighted by atomic mass is 32.2. The van der Waals surface area contributed by atoms with Crippen molar-refractivity contribution < 1.29 is 27.2 Å². The molecule has 15 heavy (non-hydrogen) atoms. The van der Waals surface area contributed by atoms with Crippen molar-refractivity contribution in [2.75, 3.05) is 45.9 Å². The van der Waals surface area contributed by atoms with Gasteiger partial charge in [0.15, 0.2) is 0 Å². The first-order valence-electron chi connectivity index (χ1n) is 4.66. The van der Waals surface area contributed by atoms with E-state index in [9.17, 15) is 8.42 Å². The van der Waals surface area contributed by atoms with Crippen LogP contribution in [0, 0.1) is 0 Å². The predicted molar refractivity (Wildman–Crippen MR) is 54.5 cm³/mol. The van der Waals surface area contributed by atoms with E-state index in [1.54, 1.807) is 7.11 Å². The van der Waals surface area contributed by atoms with Gasteiger partial charge in [0.2, 0.25) is 0 Å². The molecule has 0 aliphatic heterocycles. The van der Waals surface area contributed by atoms with Gasteiger partial charge in [-0.15, -0.1) is 0 Å². The molecule has 0 saturated heterocycles. The molecule has 0 radical (unpaired) electrons. The summed E-state index contributed by atoms with van der Waals surface area (Å²) in [6, 6.07) is 0. The largest absolute Gasteiger partial charge is 0.382 e. The Bertz CT molecular complexity index is 225. The van der Waals surface area contributed by atoms with Gasteiger partial charge in [-0.05, 0) is 6.42 Å². The molecule has 0 aromatic rings. The second-order valence-corrected chi connectivity index (χ2v) is 4.43. The molecule has 0 aliphatic carbocycles. The van der Waals surface area contributed by atoms with Crippen LogP contribution in [0.25, 0.3) is 0 Å². The summed E-state index contributed by atoms with van der Waals surface area (Å²) in [6.07, 6.45) is 0.289. The normalized spacial score (nSPS) is 11.9. The lowest BCUT2D eigenvalue weighted by Gasteiger charge is -2.04. The molecule has 0 aromatic heterocycles. The van der Waals surface area contributed by atoms with Gasteiger partial charge < -0.3 is 14.2 Å². The summed E-state index contributed by atoms with van der Waals surface area (Å²) in [5.74, 6) is -0.266. The van der Waals surface area contributed by atoms with E-state index < -0.39 is 10.1 Å². The van der Waals surface area contributed by atoms with Crippen LogP contribution in [-0.4, -0.2) is 58.9 Å². The Morgan fingerprint density at radius 3 is 2.07 bits per heavy atom. The van der Waals surface area contributed by atoms with E-state index in [1.807, 2.05) is 0 Å². The lowest BCUT2D eigenvalue weighted by molar-refractivity contribution is 0.0251. The van der Waals surface area contributed by atoms with E-state index in [0.717, 1.165) is 0 Å². The van der Waals surface area contributed by atoms with Crippen LogP contribution in [0.5, 0.6) is 0 Å². The lowest BCUT2D eigenvalue weighted by Crippen LogP contribution is -2.11. The van der Waals surface area contributed by atoms with Crippen molar-refractivity contribution >= 4 is 10.1 Å². The summed E-state index contributed by atoms with van der Waals surface area (Å²) in [5.41, 5.74) is 0. The molecule has 1 N–H and O–H groups in total. The van der Waals surface area contributed by atoms with Gasteiger partial charge >= 0.3 is 0 Å². The Balaban J connectivity index is 3.06. The number of methoxy groups -OCH3 is 1. The number of rotatable bonds is 10. The first kappa shape index (κ1) is 14.8. The van der Waals surface area contributed by atoms with E-state index in [1.165, 1.54) is 0 Å². The van der Waals surface area contributed by atoms with Crippen LogP contribution in [0.15, 0.2) is 0 Å². The second-order valence-electron chi connectivity index (χ2n) is 2.86. The molecule has 0 amide bonds. The smallest absolute Gasteiger partial charge is 0.264 e. The zero-order valence-corrected chi connectivity index (χ0v) is 9.66. The maximum atomic E-state index is 10.3. The number of hydrogen-bond donors (Lipinski definition) is 1. The molecule has 0 bridgehead atoms. The molecule has 6 nitrogen and oxygen atoms in total. The zero-order chi connectivity index (χ0) is 11.6. The fourth-order valence-electron chi connectivity index (χ4n) is 0.808. The van der Waals surface area contributed by atoms with Crippen LogP contribution >= 0.6 is 0 Å². The molecular weight excluding hydrogens is 224 g/mol. The van der Waals surface area contributed by atoms with E-state index in [0.29, 0.717) is 33.0 Å². The highest BCUT2D eigenvalue weighted by Gasteiger charge is 2.02. The molecule has 0 spiro atoms. The van der Waals surface area contributed by atoms with Gasteiger partial charge in [-0.2, -0.15) is 8.42 Å². The monoisotopic (exact) mass is 242 g/mol. The molecule has 0 saturated carbocycles. The van der Waals surface area contributed by atoms with Crippen molar-refractivity contribution in [3.63, 3.8) is 0 Å². The van der Waals surface area contributed by atoms with E-state index in [4.69, 9.17) is 18.8 Å². The third-order valence-corrected chi connectivity index (χ3v) is 2.30. The molecule has 0 unspecified atom stereocenters. The van der Waals surface area contributed by atoms with Crippen LogP contribution in [0.4, 0.5) is 0 Å². The maximum absolute atomic E-state index is 10.3. The minimum atomic E-state index is -3.86. The zero-order valence-electron chi connectivity index (χ0n) is 8.85. The molecule has 7 heteroatoms. The summed E-state index contributed by atoms with van der Waals surface area (Å²) >= 11 is 0. The van der Waals surface area contributed by atoms with Crippen molar-refractivity contribution in [1.29, 1.82) is 0 Å². The van der Waals surface area contributed by atoms with Crippen LogP contribution < -0.4 is 0 Å². The van der Waals surface area contributed by atoms with Crippen molar-refractivity contribution in [2.45, 2.75) is 6.42 Å². The summed E-state index contributed by atoms with van der Waals surface area (Å²) < 4.78 is 43.9. The summed E-state index contributed by atoms with van der Waals surface area (Å²) in [5, 5.41) is 0. The standard InChI is InChI=1S/C8H18O6S/c1-12-4-5-14-7-6-13-3-2-8-15(9,10)11/h2-8H2,1H3,(H,9,10,11). The summed E-state index contributed by atoms with van der Waals surface area (Å²) in [4.78, 5) is 0. The average Bonchev–Trinajstić information content (AvgIpc) is 2.14. The maximum Gasteiger partial charge on any atom is 0.264 e. The Kier molecular flexibility index (Phi) is 8.92. The summed E-state index contributed by atoms with van der Waals surface area (Å²) in [6.45, 7) is 2.23. The lowest BCUT2D eigenvalue weighted by atomic mass is 10.5. The molecular formula is C8H18O6S. The van der Waals surface area contributed by atoms with Crippen LogP contribution in [-0.2, 0) is 24.3 Å². The van der Waals surface area contributed by atoms with E-state index >= 15 is 0 Å². The van der Waals surface area contributed by atoms with Crippen LogP contribution in [0.2, 0.25) is 0 Å². The quantitative estimate of drug-likeness (QED) is 0.427. The highest BCUT2D eigenvalue weighted by Crippen LogP contribution is 1.89. The Hall–Kier alpha value is -0.210. The third-order valence-electron chi connectivity index (χ3n) is 1.49. The minimum absolute atomic E-state index is 0.266. The number of ether oxygens (including phenoxy) is 3. The van der Waals surface area contributed by atoms with Gasteiger partial charge in [0.05, 0.1) is 32.2 Å². The van der Waals surface area contributed by atoms with Crippen LogP contribution in [0.1, 0.15) is 6.42 Å². The van der Waals surface area contributed by atoms with E-state index in [-0.39, 0.29) is 12.2 Å². The van der Waals surface area contributed by atoms with Crippen molar-refractivity contribution in [3.05, 3.63) is 0 Å². The molecule has 92 valence electrons. The number of hydrogen-bond acceptors (Lipinski definition) is 5. The van der Waals surface area contributed by atoms with Gasteiger partial charge in [0.1, 0.15) is 0 Å². The van der Waals surface area contributed by atoms with Gasteiger partial charge in [-0.1, -0.05) is 0 Å². The minimum Gasteiger partial charge on any atom is -0.382 e. The van der Waals surface area contributed by atoms with Crippen molar-refractivity contribution in [3.8, 4) is 0 Å². The SMILES string of the molecule is COCCOCCOCCCS(=O)(=O)O. The average molecular weight is 242 g/mol. The Morgan fingerprint density at radius 2 is 1.53 bits per heavy atom. The third kappa shape index (κ3) is 13.8. The topological polar surface area (TPSA) is 82.1 Å². The highest BCUT2D eigenvalue weighted by molar-refractivity contribution is 7.85.